The zero-order valence-electron chi connectivity index (χ0n) is 18.3. The van der Waals surface area contributed by atoms with Crippen molar-refractivity contribution in [3.05, 3.63) is 59.2 Å². The molecule has 2 aromatic carbocycles. The average molecular weight is 399 g/mol. The first kappa shape index (κ1) is 22.6. The fourth-order valence-electron chi connectivity index (χ4n) is 2.77. The predicted molar refractivity (Wildman–Crippen MR) is 120 cm³/mol. The van der Waals surface area contributed by atoms with E-state index >= 15 is 0 Å². The van der Waals surface area contributed by atoms with Crippen molar-refractivity contribution in [1.82, 2.24) is 15.5 Å². The highest BCUT2D eigenvalue weighted by Crippen LogP contribution is 2.19. The first-order chi connectivity index (χ1) is 14.0. The average Bonchev–Trinajstić information content (AvgIpc) is 2.70. The summed E-state index contributed by atoms with van der Waals surface area (Å²) in [5, 5.41) is 6.68. The molecule has 0 aliphatic heterocycles. The second kappa shape index (κ2) is 12.0. The number of likely N-dealkylation sites (N-methyl/N-ethyl adjacent to an activating group) is 1. The summed E-state index contributed by atoms with van der Waals surface area (Å²) in [6, 6.07) is 14.3. The molecule has 0 radical (unpaired) electrons. The molecule has 0 aromatic heterocycles. The molecular weight excluding hydrogens is 364 g/mol. The van der Waals surface area contributed by atoms with Gasteiger partial charge in [-0.1, -0.05) is 24.3 Å². The van der Waals surface area contributed by atoms with E-state index in [4.69, 9.17) is 14.5 Å². The molecule has 0 aliphatic rings. The Balaban J connectivity index is 1.98. The highest BCUT2D eigenvalue weighted by atomic mass is 16.5. The van der Waals surface area contributed by atoms with Crippen molar-refractivity contribution < 1.29 is 9.47 Å². The fourth-order valence-corrected chi connectivity index (χ4v) is 2.77. The van der Waals surface area contributed by atoms with E-state index in [1.807, 2.05) is 38.4 Å². The maximum Gasteiger partial charge on any atom is 0.191 e. The van der Waals surface area contributed by atoms with Gasteiger partial charge in [0.2, 0.25) is 0 Å². The molecule has 6 nitrogen and oxygen atoms in total. The van der Waals surface area contributed by atoms with Crippen LogP contribution >= 0.6 is 0 Å². The lowest BCUT2D eigenvalue weighted by Gasteiger charge is -2.14. The van der Waals surface area contributed by atoms with Crippen LogP contribution in [0.15, 0.2) is 47.5 Å². The number of aryl methyl sites for hydroxylation is 1. The molecule has 0 amide bonds. The summed E-state index contributed by atoms with van der Waals surface area (Å²) in [6.07, 6.45) is 0. The monoisotopic (exact) mass is 398 g/mol. The number of hydrogen-bond donors (Lipinski definition) is 2. The standard InChI is InChI=1S/C23H34N4O2/c1-6-24-23(26-17-20-11-10-18(2)14-22(20)28-5)25-16-19-8-7-9-21(15-19)29-13-12-27(3)4/h7-11,14-15H,6,12-13,16-17H2,1-5H3,(H2,24,25,26). The van der Waals surface area contributed by atoms with Gasteiger partial charge in [-0.05, 0) is 57.3 Å². The van der Waals surface area contributed by atoms with Gasteiger partial charge in [0, 0.05) is 25.2 Å². The number of hydrogen-bond acceptors (Lipinski definition) is 4. The van der Waals surface area contributed by atoms with Gasteiger partial charge in [0.05, 0.1) is 13.7 Å². The highest BCUT2D eigenvalue weighted by Gasteiger charge is 2.05. The summed E-state index contributed by atoms with van der Waals surface area (Å²) < 4.78 is 11.3. The van der Waals surface area contributed by atoms with E-state index in [2.05, 4.69) is 47.6 Å². The van der Waals surface area contributed by atoms with Crippen LogP contribution in [0.1, 0.15) is 23.6 Å². The van der Waals surface area contributed by atoms with Crippen molar-refractivity contribution in [2.75, 3.05) is 40.9 Å². The molecule has 6 heteroatoms. The van der Waals surface area contributed by atoms with Gasteiger partial charge in [0.25, 0.3) is 0 Å². The Morgan fingerprint density at radius 1 is 1.10 bits per heavy atom. The van der Waals surface area contributed by atoms with Crippen molar-refractivity contribution in [2.24, 2.45) is 4.99 Å². The molecule has 0 aliphatic carbocycles. The number of nitrogens with one attached hydrogen (secondary N) is 2. The minimum absolute atomic E-state index is 0.575. The lowest BCUT2D eigenvalue weighted by atomic mass is 10.1. The number of methoxy groups -OCH3 is 1. The molecule has 0 bridgehead atoms. The lowest BCUT2D eigenvalue weighted by molar-refractivity contribution is 0.261. The Hall–Kier alpha value is -2.73. The quantitative estimate of drug-likeness (QED) is 0.475. The highest BCUT2D eigenvalue weighted by molar-refractivity contribution is 5.79. The zero-order chi connectivity index (χ0) is 21.1. The molecule has 158 valence electrons. The molecule has 0 saturated carbocycles. The fraction of sp³-hybridized carbons (Fsp3) is 0.435. The number of ether oxygens (including phenoxy) is 2. The first-order valence-electron chi connectivity index (χ1n) is 10.0. The van der Waals surface area contributed by atoms with Crippen LogP contribution in [0.2, 0.25) is 0 Å². The third-order valence-electron chi connectivity index (χ3n) is 4.36. The summed E-state index contributed by atoms with van der Waals surface area (Å²) >= 11 is 0. The molecular formula is C23H34N4O2. The summed E-state index contributed by atoms with van der Waals surface area (Å²) in [5.41, 5.74) is 3.39. The maximum atomic E-state index is 5.82. The second-order valence-electron chi connectivity index (χ2n) is 7.16. The van der Waals surface area contributed by atoms with Crippen LogP contribution in [0, 0.1) is 6.92 Å². The third-order valence-corrected chi connectivity index (χ3v) is 4.36. The molecule has 0 spiro atoms. The molecule has 2 N–H and O–H groups in total. The largest absolute Gasteiger partial charge is 0.496 e. The van der Waals surface area contributed by atoms with E-state index < -0.39 is 0 Å². The summed E-state index contributed by atoms with van der Waals surface area (Å²) in [5.74, 6) is 2.53. The molecule has 2 rings (SSSR count). The minimum Gasteiger partial charge on any atom is -0.496 e. The Labute approximate surface area is 174 Å². The number of guanidine groups is 1. The SMILES string of the molecule is CCNC(=NCc1cccc(OCCN(C)C)c1)NCc1ccc(C)cc1OC. The zero-order valence-corrected chi connectivity index (χ0v) is 18.3. The van der Waals surface area contributed by atoms with Crippen molar-refractivity contribution in [3.63, 3.8) is 0 Å². The van der Waals surface area contributed by atoms with E-state index in [1.54, 1.807) is 7.11 Å². The second-order valence-corrected chi connectivity index (χ2v) is 7.16. The number of aliphatic imine (C=N–C) groups is 1. The van der Waals surface area contributed by atoms with Crippen LogP contribution < -0.4 is 20.1 Å². The third kappa shape index (κ3) is 8.03. The van der Waals surface area contributed by atoms with Gasteiger partial charge in [-0.15, -0.1) is 0 Å². The topological polar surface area (TPSA) is 58.1 Å². The van der Waals surface area contributed by atoms with Gasteiger partial charge in [0.15, 0.2) is 5.96 Å². The Bertz CT molecular complexity index is 790. The summed E-state index contributed by atoms with van der Waals surface area (Å²) in [6.45, 7) is 7.69. The van der Waals surface area contributed by atoms with Crippen molar-refractivity contribution in [1.29, 1.82) is 0 Å². The minimum atomic E-state index is 0.575. The molecule has 0 saturated heterocycles. The molecule has 2 aromatic rings. The summed E-state index contributed by atoms with van der Waals surface area (Å²) in [7, 11) is 5.77. The first-order valence-corrected chi connectivity index (χ1v) is 10.0. The van der Waals surface area contributed by atoms with E-state index in [1.165, 1.54) is 5.56 Å². The maximum absolute atomic E-state index is 5.82. The Morgan fingerprint density at radius 2 is 1.93 bits per heavy atom. The smallest absolute Gasteiger partial charge is 0.191 e. The molecule has 0 atom stereocenters. The number of nitrogens with zero attached hydrogens (tertiary/aromatic N) is 2. The van der Waals surface area contributed by atoms with Gasteiger partial charge < -0.3 is 25.0 Å². The predicted octanol–water partition coefficient (Wildman–Crippen LogP) is 3.20. The van der Waals surface area contributed by atoms with Crippen LogP contribution in [-0.4, -0.2) is 51.8 Å². The number of rotatable bonds is 10. The van der Waals surface area contributed by atoms with E-state index in [0.717, 1.165) is 41.7 Å². The van der Waals surface area contributed by atoms with Gasteiger partial charge in [0.1, 0.15) is 18.1 Å². The number of benzene rings is 2. The summed E-state index contributed by atoms with van der Waals surface area (Å²) in [4.78, 5) is 6.81. The molecule has 0 heterocycles. The van der Waals surface area contributed by atoms with Gasteiger partial charge in [-0.3, -0.25) is 0 Å². The Morgan fingerprint density at radius 3 is 2.66 bits per heavy atom. The lowest BCUT2D eigenvalue weighted by Crippen LogP contribution is -2.36. The molecule has 29 heavy (non-hydrogen) atoms. The van der Waals surface area contributed by atoms with Gasteiger partial charge >= 0.3 is 0 Å². The van der Waals surface area contributed by atoms with Crippen LogP contribution in [0.3, 0.4) is 0 Å². The van der Waals surface area contributed by atoms with Crippen molar-refractivity contribution in [2.45, 2.75) is 26.9 Å². The van der Waals surface area contributed by atoms with E-state index in [9.17, 15) is 0 Å². The van der Waals surface area contributed by atoms with Crippen LogP contribution in [0.25, 0.3) is 0 Å². The van der Waals surface area contributed by atoms with Crippen LogP contribution in [-0.2, 0) is 13.1 Å². The van der Waals surface area contributed by atoms with Crippen LogP contribution in [0.5, 0.6) is 11.5 Å². The van der Waals surface area contributed by atoms with Gasteiger partial charge in [-0.2, -0.15) is 0 Å². The van der Waals surface area contributed by atoms with E-state index in [0.29, 0.717) is 19.7 Å². The van der Waals surface area contributed by atoms with E-state index in [-0.39, 0.29) is 0 Å². The van der Waals surface area contributed by atoms with Gasteiger partial charge in [-0.25, -0.2) is 4.99 Å². The molecule has 0 fully saturated rings. The van der Waals surface area contributed by atoms with Crippen molar-refractivity contribution >= 4 is 5.96 Å². The van der Waals surface area contributed by atoms with Crippen molar-refractivity contribution in [3.8, 4) is 11.5 Å². The Kier molecular flexibility index (Phi) is 9.31. The van der Waals surface area contributed by atoms with Crippen LogP contribution in [0.4, 0.5) is 0 Å². The molecule has 0 unspecified atom stereocenters. The normalized spacial score (nSPS) is 11.4.